The number of hydrogen-bond acceptors (Lipinski definition) is 4. The molecule has 0 radical (unpaired) electrons. The Morgan fingerprint density at radius 1 is 1.28 bits per heavy atom. The molecule has 0 spiro atoms. The van der Waals surface area contributed by atoms with Crippen LogP contribution in [0.3, 0.4) is 0 Å². The minimum Gasteiger partial charge on any atom is -0.393 e. The second kappa shape index (κ2) is 5.06. The number of rotatable bonds is 2. The average molecular weight is 374 g/mol. The smallest absolute Gasteiger partial charge is 0.393 e. The number of amides is 2. The van der Waals surface area contributed by atoms with Crippen LogP contribution < -0.4 is 4.90 Å². The highest BCUT2D eigenvalue weighted by atomic mass is 35.5. The molecule has 1 aromatic carbocycles. The van der Waals surface area contributed by atoms with Crippen molar-refractivity contribution in [1.29, 1.82) is 0 Å². The lowest BCUT2D eigenvalue weighted by atomic mass is 9.77. The zero-order valence-electron chi connectivity index (χ0n) is 12.5. The lowest BCUT2D eigenvalue weighted by Gasteiger charge is -2.26. The monoisotopic (exact) mass is 373 g/mol. The van der Waals surface area contributed by atoms with E-state index >= 15 is 0 Å². The van der Waals surface area contributed by atoms with Crippen LogP contribution in [0.25, 0.3) is 0 Å². The standard InChI is InChI=1S/C16H11ClF3NO4/c17-9-2-1-7(5-8(9)16(18,19)20)21-13(23)11-10-3-4-15(6-22,25-10)12(11)14(21)24/h1-5,10-12,22H,6H2. The molecule has 3 heterocycles. The number of imide groups is 1. The van der Waals surface area contributed by atoms with Gasteiger partial charge in [-0.15, -0.1) is 0 Å². The third kappa shape index (κ3) is 2.11. The predicted octanol–water partition coefficient (Wildman–Crippen LogP) is 2.16. The van der Waals surface area contributed by atoms with Crippen molar-refractivity contribution in [3.63, 3.8) is 0 Å². The third-order valence-corrected chi connectivity index (χ3v) is 5.25. The first-order valence-corrected chi connectivity index (χ1v) is 7.80. The van der Waals surface area contributed by atoms with Gasteiger partial charge in [0.05, 0.1) is 40.8 Å². The molecule has 2 bridgehead atoms. The van der Waals surface area contributed by atoms with E-state index in [2.05, 4.69) is 0 Å². The molecule has 0 saturated carbocycles. The Morgan fingerprint density at radius 2 is 2.00 bits per heavy atom. The fourth-order valence-electron chi connectivity index (χ4n) is 3.81. The summed E-state index contributed by atoms with van der Waals surface area (Å²) in [6, 6.07) is 2.87. The SMILES string of the molecule is O=C1C2C3C=CC(CO)(O3)C2C(=O)N1c1ccc(Cl)c(C(F)(F)F)c1. The molecule has 25 heavy (non-hydrogen) atoms. The van der Waals surface area contributed by atoms with Crippen LogP contribution in [0.2, 0.25) is 5.02 Å². The molecule has 0 aromatic heterocycles. The van der Waals surface area contributed by atoms with Crippen molar-refractivity contribution in [2.45, 2.75) is 17.9 Å². The second-order valence-corrected chi connectivity index (χ2v) is 6.64. The average Bonchev–Trinajstić information content (AvgIpc) is 3.18. The number of aliphatic hydroxyl groups excluding tert-OH is 1. The number of nitrogens with zero attached hydrogens (tertiary/aromatic N) is 1. The number of halogens is 4. The third-order valence-electron chi connectivity index (χ3n) is 4.92. The summed E-state index contributed by atoms with van der Waals surface area (Å²) >= 11 is 5.59. The highest BCUT2D eigenvalue weighted by Gasteiger charge is 2.67. The maximum absolute atomic E-state index is 13.1. The van der Waals surface area contributed by atoms with E-state index in [0.29, 0.717) is 6.07 Å². The first-order chi connectivity index (χ1) is 11.7. The molecule has 4 atom stereocenters. The van der Waals surface area contributed by atoms with Gasteiger partial charge >= 0.3 is 6.18 Å². The number of aliphatic hydroxyl groups is 1. The molecule has 4 rings (SSSR count). The lowest BCUT2D eigenvalue weighted by molar-refractivity contribution is -0.137. The summed E-state index contributed by atoms with van der Waals surface area (Å²) < 4.78 is 44.7. The Balaban J connectivity index is 1.77. The van der Waals surface area contributed by atoms with E-state index in [9.17, 15) is 27.9 Å². The summed E-state index contributed by atoms with van der Waals surface area (Å²) in [5.41, 5.74) is -2.62. The first kappa shape index (κ1) is 16.6. The number of carbonyl (C=O) groups excluding carboxylic acids is 2. The number of hydrogen-bond donors (Lipinski definition) is 1. The Labute approximate surface area is 144 Å². The van der Waals surface area contributed by atoms with Crippen molar-refractivity contribution >= 4 is 29.1 Å². The maximum Gasteiger partial charge on any atom is 0.417 e. The maximum atomic E-state index is 13.1. The molecule has 2 fully saturated rings. The van der Waals surface area contributed by atoms with Gasteiger partial charge in [0.15, 0.2) is 0 Å². The van der Waals surface area contributed by atoms with E-state index in [4.69, 9.17) is 16.3 Å². The zero-order valence-corrected chi connectivity index (χ0v) is 13.2. The quantitative estimate of drug-likeness (QED) is 0.637. The number of benzene rings is 1. The largest absolute Gasteiger partial charge is 0.417 e. The van der Waals surface area contributed by atoms with Crippen molar-refractivity contribution in [1.82, 2.24) is 0 Å². The van der Waals surface area contributed by atoms with E-state index in [1.54, 1.807) is 6.08 Å². The molecule has 1 N–H and O–H groups in total. The van der Waals surface area contributed by atoms with Crippen LogP contribution in [-0.4, -0.2) is 35.2 Å². The normalized spacial score (nSPS) is 33.5. The number of alkyl halides is 3. The van der Waals surface area contributed by atoms with E-state index in [1.165, 1.54) is 12.1 Å². The van der Waals surface area contributed by atoms with Gasteiger partial charge < -0.3 is 9.84 Å². The number of anilines is 1. The van der Waals surface area contributed by atoms with Gasteiger partial charge in [0.25, 0.3) is 0 Å². The summed E-state index contributed by atoms with van der Waals surface area (Å²) in [5, 5.41) is 9.09. The van der Waals surface area contributed by atoms with Gasteiger partial charge in [-0.05, 0) is 18.2 Å². The van der Waals surface area contributed by atoms with Crippen LogP contribution in [0.15, 0.2) is 30.4 Å². The van der Waals surface area contributed by atoms with Gasteiger partial charge in [-0.3, -0.25) is 9.59 Å². The van der Waals surface area contributed by atoms with Gasteiger partial charge in [-0.2, -0.15) is 13.2 Å². The molecule has 0 aliphatic carbocycles. The minimum absolute atomic E-state index is 0.200. The predicted molar refractivity (Wildman–Crippen MR) is 79.8 cm³/mol. The van der Waals surface area contributed by atoms with Crippen molar-refractivity contribution in [3.05, 3.63) is 40.9 Å². The molecule has 5 nitrogen and oxygen atoms in total. The molecule has 3 aliphatic rings. The van der Waals surface area contributed by atoms with Crippen LogP contribution in [0.4, 0.5) is 18.9 Å². The molecule has 9 heteroatoms. The zero-order chi connectivity index (χ0) is 18.1. The number of carbonyl (C=O) groups is 2. The number of ether oxygens (including phenoxy) is 1. The molecular formula is C16H11ClF3NO4. The Kier molecular flexibility index (Phi) is 3.35. The van der Waals surface area contributed by atoms with Crippen LogP contribution in [0.1, 0.15) is 5.56 Å². The topological polar surface area (TPSA) is 66.8 Å². The lowest BCUT2D eigenvalue weighted by Crippen LogP contribution is -2.43. The molecule has 4 unspecified atom stereocenters. The molecular weight excluding hydrogens is 363 g/mol. The van der Waals surface area contributed by atoms with Gasteiger partial charge in [0.2, 0.25) is 11.8 Å². The van der Waals surface area contributed by atoms with E-state index < -0.39 is 58.7 Å². The van der Waals surface area contributed by atoms with Gasteiger partial charge in [0.1, 0.15) is 5.60 Å². The fraction of sp³-hybridized carbons (Fsp3) is 0.375. The molecule has 2 saturated heterocycles. The Bertz CT molecular complexity index is 824. The minimum atomic E-state index is -4.72. The summed E-state index contributed by atoms with van der Waals surface area (Å²) in [6.45, 7) is -0.498. The van der Waals surface area contributed by atoms with Crippen LogP contribution >= 0.6 is 11.6 Å². The molecule has 1 aromatic rings. The summed E-state index contributed by atoms with van der Waals surface area (Å²) in [5.74, 6) is -3.14. The fourth-order valence-corrected chi connectivity index (χ4v) is 4.03. The van der Waals surface area contributed by atoms with E-state index in [1.807, 2.05) is 0 Å². The molecule has 132 valence electrons. The highest BCUT2D eigenvalue weighted by molar-refractivity contribution is 6.31. The van der Waals surface area contributed by atoms with Crippen molar-refractivity contribution in [2.75, 3.05) is 11.5 Å². The second-order valence-electron chi connectivity index (χ2n) is 6.23. The highest BCUT2D eigenvalue weighted by Crippen LogP contribution is 2.52. The van der Waals surface area contributed by atoms with Crippen molar-refractivity contribution in [3.8, 4) is 0 Å². The summed E-state index contributed by atoms with van der Waals surface area (Å²) in [7, 11) is 0. The number of fused-ring (bicyclic) bond motifs is 5. The van der Waals surface area contributed by atoms with E-state index in [0.717, 1.165) is 11.0 Å². The molecule has 3 aliphatic heterocycles. The van der Waals surface area contributed by atoms with Gasteiger partial charge in [-0.1, -0.05) is 23.8 Å². The Hall–Kier alpha value is -1.90. The van der Waals surface area contributed by atoms with Gasteiger partial charge in [-0.25, -0.2) is 4.90 Å². The van der Waals surface area contributed by atoms with Gasteiger partial charge in [0, 0.05) is 0 Å². The van der Waals surface area contributed by atoms with Crippen molar-refractivity contribution < 1.29 is 32.6 Å². The van der Waals surface area contributed by atoms with Crippen molar-refractivity contribution in [2.24, 2.45) is 11.8 Å². The Morgan fingerprint density at radius 3 is 2.64 bits per heavy atom. The van der Waals surface area contributed by atoms with Crippen LogP contribution in [-0.2, 0) is 20.5 Å². The first-order valence-electron chi connectivity index (χ1n) is 7.42. The summed E-state index contributed by atoms with van der Waals surface area (Å²) in [4.78, 5) is 26.2. The van der Waals surface area contributed by atoms with E-state index in [-0.39, 0.29) is 5.69 Å². The van der Waals surface area contributed by atoms with Crippen LogP contribution in [0, 0.1) is 11.8 Å². The van der Waals surface area contributed by atoms with Crippen LogP contribution in [0.5, 0.6) is 0 Å². The summed E-state index contributed by atoms with van der Waals surface area (Å²) in [6.07, 6.45) is -2.26. The molecule has 2 amide bonds.